The van der Waals surface area contributed by atoms with Crippen LogP contribution in [0.3, 0.4) is 0 Å². The van der Waals surface area contributed by atoms with E-state index in [1.165, 1.54) is 0 Å². The summed E-state index contributed by atoms with van der Waals surface area (Å²) in [5, 5.41) is 20.9. The van der Waals surface area contributed by atoms with Gasteiger partial charge < -0.3 is 15.7 Å². The molecule has 0 spiro atoms. The monoisotopic (exact) mass is 398 g/mol. The molecule has 0 radical (unpaired) electrons. The predicted molar refractivity (Wildman–Crippen MR) is 105 cm³/mol. The average molecular weight is 399 g/mol. The molecule has 2 aromatic rings. The van der Waals surface area contributed by atoms with Crippen molar-refractivity contribution in [3.8, 4) is 5.69 Å². The Kier molecular flexibility index (Phi) is 7.06. The highest BCUT2D eigenvalue weighted by Crippen LogP contribution is 2.24. The Morgan fingerprint density at radius 1 is 1.46 bits per heavy atom. The molecule has 26 heavy (non-hydrogen) atoms. The minimum absolute atomic E-state index is 0. The lowest BCUT2D eigenvalue weighted by molar-refractivity contribution is 0.0925. The molecule has 1 amide bonds. The molecule has 0 bridgehead atoms. The maximum atomic E-state index is 12.7. The van der Waals surface area contributed by atoms with Gasteiger partial charge in [0.1, 0.15) is 0 Å². The number of hydrogen-bond acceptors (Lipinski definition) is 4. The quantitative estimate of drug-likeness (QED) is 0.722. The van der Waals surface area contributed by atoms with E-state index in [9.17, 15) is 9.90 Å². The Labute approximate surface area is 164 Å². The van der Waals surface area contributed by atoms with Gasteiger partial charge in [-0.25, -0.2) is 4.68 Å². The van der Waals surface area contributed by atoms with Crippen LogP contribution in [0.25, 0.3) is 5.69 Å². The Morgan fingerprint density at radius 2 is 2.23 bits per heavy atom. The molecule has 142 valence electrons. The third kappa shape index (κ3) is 4.38. The summed E-state index contributed by atoms with van der Waals surface area (Å²) >= 11 is 6.08. The van der Waals surface area contributed by atoms with Crippen LogP contribution in [0.1, 0.15) is 35.8 Å². The summed E-state index contributed by atoms with van der Waals surface area (Å²) in [6.07, 6.45) is 1.17. The van der Waals surface area contributed by atoms with Crippen LogP contribution in [0.2, 0.25) is 5.02 Å². The van der Waals surface area contributed by atoms with Crippen molar-refractivity contribution in [2.75, 3.05) is 19.6 Å². The van der Waals surface area contributed by atoms with E-state index < -0.39 is 6.10 Å². The molecule has 3 N–H and O–H groups in total. The van der Waals surface area contributed by atoms with E-state index in [1.807, 2.05) is 32.0 Å². The number of carbonyl (C=O) groups is 1. The summed E-state index contributed by atoms with van der Waals surface area (Å²) in [5.74, 6) is -0.0218. The summed E-state index contributed by atoms with van der Waals surface area (Å²) in [6, 6.07) is 7.39. The van der Waals surface area contributed by atoms with Gasteiger partial charge >= 0.3 is 0 Å². The number of aliphatic hydroxyl groups is 1. The number of aliphatic hydroxyl groups excluding tert-OH is 1. The molecule has 2 heterocycles. The van der Waals surface area contributed by atoms with Gasteiger partial charge in [0.05, 0.1) is 29.2 Å². The van der Waals surface area contributed by atoms with Crippen LogP contribution in [-0.4, -0.2) is 46.5 Å². The van der Waals surface area contributed by atoms with Crippen LogP contribution in [-0.2, 0) is 0 Å². The van der Waals surface area contributed by atoms with Crippen LogP contribution in [0, 0.1) is 5.92 Å². The number of halogens is 2. The van der Waals surface area contributed by atoms with Crippen molar-refractivity contribution in [2.45, 2.75) is 25.9 Å². The summed E-state index contributed by atoms with van der Waals surface area (Å²) < 4.78 is 1.76. The number of benzene rings is 1. The van der Waals surface area contributed by atoms with E-state index in [4.69, 9.17) is 11.6 Å². The van der Waals surface area contributed by atoms with Crippen molar-refractivity contribution in [2.24, 2.45) is 5.92 Å². The summed E-state index contributed by atoms with van der Waals surface area (Å²) in [4.78, 5) is 12.7. The number of hydrogen-bond donors (Lipinski definition) is 3. The number of nitrogens with zero attached hydrogens (tertiary/aromatic N) is 2. The second-order valence-corrected chi connectivity index (χ2v) is 7.12. The minimum atomic E-state index is -0.418. The first-order valence-corrected chi connectivity index (χ1v) is 8.86. The molecule has 1 aliphatic heterocycles. The van der Waals surface area contributed by atoms with Gasteiger partial charge in [0, 0.05) is 30.6 Å². The number of β-amino-alcohol motifs (C(OH)–C–C–N with tert-alkyl or cyclic N) is 1. The van der Waals surface area contributed by atoms with Crippen LogP contribution in [0.15, 0.2) is 30.5 Å². The second-order valence-electron chi connectivity index (χ2n) is 6.69. The fourth-order valence-electron chi connectivity index (χ4n) is 3.15. The van der Waals surface area contributed by atoms with Gasteiger partial charge in [-0.15, -0.1) is 12.4 Å². The first-order valence-electron chi connectivity index (χ1n) is 8.48. The number of aromatic nitrogens is 2. The molecule has 1 aromatic heterocycles. The van der Waals surface area contributed by atoms with E-state index in [2.05, 4.69) is 15.7 Å². The van der Waals surface area contributed by atoms with Crippen LogP contribution in [0.4, 0.5) is 0 Å². The van der Waals surface area contributed by atoms with Gasteiger partial charge in [-0.3, -0.25) is 4.79 Å². The van der Waals surface area contributed by atoms with Crippen molar-refractivity contribution in [1.29, 1.82) is 0 Å². The first kappa shape index (κ1) is 20.7. The summed E-state index contributed by atoms with van der Waals surface area (Å²) in [6.45, 7) is 5.77. The van der Waals surface area contributed by atoms with Gasteiger partial charge in [0.2, 0.25) is 0 Å². The van der Waals surface area contributed by atoms with Crippen molar-refractivity contribution in [3.05, 3.63) is 46.7 Å². The van der Waals surface area contributed by atoms with Gasteiger partial charge in [-0.05, 0) is 24.1 Å². The normalized spacial score (nSPS) is 19.4. The Balaban J connectivity index is 0.00000243. The second kappa shape index (κ2) is 8.86. The van der Waals surface area contributed by atoms with Crippen LogP contribution in [0.5, 0.6) is 0 Å². The van der Waals surface area contributed by atoms with E-state index in [0.717, 1.165) is 11.4 Å². The Hall–Kier alpha value is -1.60. The highest BCUT2D eigenvalue weighted by atomic mass is 35.5. The predicted octanol–water partition coefficient (Wildman–Crippen LogP) is 2.38. The lowest BCUT2D eigenvalue weighted by Crippen LogP contribution is -2.34. The highest BCUT2D eigenvalue weighted by molar-refractivity contribution is 6.30. The molecule has 6 nitrogen and oxygen atoms in total. The molecule has 0 aliphatic carbocycles. The number of rotatable bonds is 5. The standard InChI is InChI=1S/C18H23ClN4O2.ClH/c1-11(2)17-15(18(25)21-8-12-7-20-10-16(12)24)9-22-23(17)14-5-3-4-13(19)6-14;/h3-6,9,11-12,16,20,24H,7-8,10H2,1-2H3,(H,21,25);1H. The maximum absolute atomic E-state index is 12.7. The molecule has 1 saturated heterocycles. The summed E-state index contributed by atoms with van der Waals surface area (Å²) in [7, 11) is 0. The molecule has 1 fully saturated rings. The lowest BCUT2D eigenvalue weighted by atomic mass is 10.0. The van der Waals surface area contributed by atoms with Crippen molar-refractivity contribution in [3.63, 3.8) is 0 Å². The number of carbonyl (C=O) groups excluding carboxylic acids is 1. The zero-order valence-electron chi connectivity index (χ0n) is 14.8. The smallest absolute Gasteiger partial charge is 0.254 e. The first-order chi connectivity index (χ1) is 12.0. The van der Waals surface area contributed by atoms with E-state index in [0.29, 0.717) is 30.2 Å². The molecule has 8 heteroatoms. The molecule has 1 aliphatic rings. The van der Waals surface area contributed by atoms with Gasteiger partial charge in [0.15, 0.2) is 0 Å². The lowest BCUT2D eigenvalue weighted by Gasteiger charge is -2.16. The largest absolute Gasteiger partial charge is 0.391 e. The molecule has 1 aromatic carbocycles. The van der Waals surface area contributed by atoms with E-state index in [1.54, 1.807) is 16.9 Å². The fourth-order valence-corrected chi connectivity index (χ4v) is 3.33. The van der Waals surface area contributed by atoms with Crippen molar-refractivity contribution < 1.29 is 9.90 Å². The van der Waals surface area contributed by atoms with Crippen LogP contribution >= 0.6 is 24.0 Å². The third-order valence-electron chi connectivity index (χ3n) is 4.48. The SMILES string of the molecule is CC(C)c1c(C(=O)NCC2CNCC2O)cnn1-c1cccc(Cl)c1.Cl. The summed E-state index contributed by atoms with van der Waals surface area (Å²) in [5.41, 5.74) is 2.21. The van der Waals surface area contributed by atoms with Crippen molar-refractivity contribution >= 4 is 29.9 Å². The fraction of sp³-hybridized carbons (Fsp3) is 0.444. The molecular weight excluding hydrogens is 375 g/mol. The Morgan fingerprint density at radius 3 is 2.85 bits per heavy atom. The molecule has 2 unspecified atom stereocenters. The molecular formula is C18H24Cl2N4O2. The molecule has 3 rings (SSSR count). The number of amides is 1. The van der Waals surface area contributed by atoms with Crippen molar-refractivity contribution in [1.82, 2.24) is 20.4 Å². The van der Waals surface area contributed by atoms with E-state index in [-0.39, 0.29) is 30.2 Å². The Bertz CT molecular complexity index is 763. The third-order valence-corrected chi connectivity index (χ3v) is 4.71. The van der Waals surface area contributed by atoms with Crippen LogP contribution < -0.4 is 10.6 Å². The highest BCUT2D eigenvalue weighted by Gasteiger charge is 2.26. The topological polar surface area (TPSA) is 79.2 Å². The van der Waals surface area contributed by atoms with Gasteiger partial charge in [-0.2, -0.15) is 5.10 Å². The minimum Gasteiger partial charge on any atom is -0.391 e. The van der Waals surface area contributed by atoms with Gasteiger partial charge in [-0.1, -0.05) is 31.5 Å². The molecule has 2 atom stereocenters. The molecule has 0 saturated carbocycles. The van der Waals surface area contributed by atoms with E-state index >= 15 is 0 Å². The zero-order chi connectivity index (χ0) is 18.0. The zero-order valence-corrected chi connectivity index (χ0v) is 16.3. The number of nitrogens with one attached hydrogen (secondary N) is 2. The maximum Gasteiger partial charge on any atom is 0.254 e. The average Bonchev–Trinajstić information content (AvgIpc) is 3.19. The van der Waals surface area contributed by atoms with Gasteiger partial charge in [0.25, 0.3) is 5.91 Å².